The van der Waals surface area contributed by atoms with Gasteiger partial charge in [0.1, 0.15) is 11.2 Å². The van der Waals surface area contributed by atoms with E-state index in [4.69, 9.17) is 9.41 Å². The third kappa shape index (κ3) is 3.50. The third-order valence-electron chi connectivity index (χ3n) is 7.33. The fraction of sp³-hybridized carbons (Fsp3) is 0.0882. The topological polar surface area (TPSA) is 25.5 Å². The van der Waals surface area contributed by atoms with Gasteiger partial charge in [0, 0.05) is 47.8 Å². The van der Waals surface area contributed by atoms with Gasteiger partial charge in [-0.25, -0.2) is 0 Å². The molecule has 0 spiro atoms. The molecule has 37 heavy (non-hydrogen) atoms. The summed E-state index contributed by atoms with van der Waals surface area (Å²) < 4.78 is 9.21. The maximum absolute atomic E-state index is 6.59. The summed E-state index contributed by atoms with van der Waals surface area (Å²) in [5, 5.41) is 4.85. The van der Waals surface area contributed by atoms with Crippen LogP contribution in [0.25, 0.3) is 53.2 Å². The molecule has 0 unspecified atom stereocenters. The molecular weight excluding hydrogens is 470 g/mol. The summed E-state index contributed by atoms with van der Waals surface area (Å²) in [6.45, 7) is 6.42. The van der Waals surface area contributed by atoms with Crippen LogP contribution in [0, 0.1) is 13.8 Å². The van der Waals surface area contributed by atoms with Crippen molar-refractivity contribution in [2.24, 2.45) is 4.99 Å². The normalized spacial score (nSPS) is 12.4. The van der Waals surface area contributed by atoms with E-state index in [0.29, 0.717) is 0 Å². The summed E-state index contributed by atoms with van der Waals surface area (Å²) >= 11 is 1.85. The molecule has 0 atom stereocenters. The monoisotopic (exact) mass is 495 g/mol. The number of benzene rings is 5. The van der Waals surface area contributed by atoms with Crippen molar-refractivity contribution in [2.75, 3.05) is 0 Å². The molecule has 0 radical (unpaired) electrons. The molecule has 0 saturated carbocycles. The second-order valence-corrected chi connectivity index (χ2v) is 10.8. The van der Waals surface area contributed by atoms with E-state index < -0.39 is 0 Å². The van der Waals surface area contributed by atoms with Crippen LogP contribution >= 0.6 is 11.3 Å². The molecule has 2 heterocycles. The predicted octanol–water partition coefficient (Wildman–Crippen LogP) is 10.4. The maximum Gasteiger partial charge on any atom is 0.143 e. The Bertz CT molecular complexity index is 2020. The minimum atomic E-state index is 0.907. The van der Waals surface area contributed by atoms with E-state index in [1.54, 1.807) is 0 Å². The fourth-order valence-electron chi connectivity index (χ4n) is 5.43. The molecule has 7 rings (SSSR count). The van der Waals surface area contributed by atoms with Crippen LogP contribution in [0.4, 0.5) is 5.69 Å². The molecule has 178 valence electrons. The van der Waals surface area contributed by atoms with Gasteiger partial charge in [0.2, 0.25) is 0 Å². The Morgan fingerprint density at radius 3 is 2.30 bits per heavy atom. The Kier molecular flexibility index (Phi) is 5.02. The zero-order chi connectivity index (χ0) is 25.1. The highest BCUT2D eigenvalue weighted by molar-refractivity contribution is 7.25. The third-order valence-corrected chi connectivity index (χ3v) is 8.47. The number of nitrogens with zero attached hydrogens (tertiary/aromatic N) is 1. The molecule has 0 aliphatic heterocycles. The number of aryl methyl sites for hydroxylation is 2. The first-order valence-corrected chi connectivity index (χ1v) is 13.4. The van der Waals surface area contributed by atoms with Gasteiger partial charge in [0.05, 0.1) is 5.69 Å². The average Bonchev–Trinajstić information content (AvgIpc) is 3.46. The maximum atomic E-state index is 6.59. The Labute approximate surface area is 219 Å². The number of furan rings is 1. The first kappa shape index (κ1) is 22.0. The van der Waals surface area contributed by atoms with Crippen molar-refractivity contribution in [3.05, 3.63) is 114 Å². The fourth-order valence-corrected chi connectivity index (χ4v) is 6.62. The molecule has 0 N–H and O–H groups in total. The van der Waals surface area contributed by atoms with Gasteiger partial charge in [-0.05, 0) is 73.9 Å². The quantitative estimate of drug-likeness (QED) is 0.224. The van der Waals surface area contributed by atoms with E-state index in [-0.39, 0.29) is 0 Å². The highest BCUT2D eigenvalue weighted by atomic mass is 32.1. The molecule has 0 aliphatic carbocycles. The predicted molar refractivity (Wildman–Crippen MR) is 160 cm³/mol. The number of hydrogen-bond donors (Lipinski definition) is 0. The Morgan fingerprint density at radius 2 is 1.43 bits per heavy atom. The molecule has 0 amide bonds. The molecule has 0 saturated heterocycles. The SMILES string of the molecule is CC(=Nc1ccccc1C)c1ccc2c(oc3ccccc32)c1-c1cc2c(cc1C)sc1ccccc12. The molecule has 3 heteroatoms. The lowest BCUT2D eigenvalue weighted by atomic mass is 9.91. The standard InChI is InChI=1S/C34H25NOS/c1-20-10-4-7-13-29(20)35-22(3)23-16-17-26-24-11-5-8-14-30(24)36-34(26)33(23)27-19-28-25-12-6-9-15-31(25)37-32(28)18-21(27)2/h4-19H,1-3H3. The second-order valence-electron chi connectivity index (χ2n) is 9.71. The van der Waals surface area contributed by atoms with Gasteiger partial charge in [0.25, 0.3) is 0 Å². The molecule has 7 aromatic rings. The van der Waals surface area contributed by atoms with Gasteiger partial charge >= 0.3 is 0 Å². The van der Waals surface area contributed by atoms with Crippen LogP contribution in [0.15, 0.2) is 106 Å². The van der Waals surface area contributed by atoms with Crippen molar-refractivity contribution < 1.29 is 4.42 Å². The van der Waals surface area contributed by atoms with Gasteiger partial charge in [0.15, 0.2) is 0 Å². The number of hydrogen-bond acceptors (Lipinski definition) is 3. The van der Waals surface area contributed by atoms with Crippen molar-refractivity contribution in [3.8, 4) is 11.1 Å². The molecule has 0 fully saturated rings. The lowest BCUT2D eigenvalue weighted by Gasteiger charge is -2.14. The zero-order valence-electron chi connectivity index (χ0n) is 21.0. The summed E-state index contributed by atoms with van der Waals surface area (Å²) in [6, 6.07) is 34.3. The van der Waals surface area contributed by atoms with Crippen LogP contribution in [-0.2, 0) is 0 Å². The van der Waals surface area contributed by atoms with Crippen LogP contribution < -0.4 is 0 Å². The van der Waals surface area contributed by atoms with Crippen molar-refractivity contribution in [1.82, 2.24) is 0 Å². The minimum Gasteiger partial charge on any atom is -0.455 e. The number of rotatable bonds is 3. The number of aliphatic imine (C=N–C) groups is 1. The summed E-state index contributed by atoms with van der Waals surface area (Å²) in [7, 11) is 0. The van der Waals surface area contributed by atoms with Crippen LogP contribution in [0.5, 0.6) is 0 Å². The van der Waals surface area contributed by atoms with E-state index in [1.165, 1.54) is 31.3 Å². The second kappa shape index (κ2) is 8.43. The lowest BCUT2D eigenvalue weighted by molar-refractivity contribution is 0.670. The van der Waals surface area contributed by atoms with E-state index in [2.05, 4.69) is 106 Å². The van der Waals surface area contributed by atoms with E-state index >= 15 is 0 Å². The first-order valence-electron chi connectivity index (χ1n) is 12.6. The van der Waals surface area contributed by atoms with E-state index in [1.807, 2.05) is 23.5 Å². The Morgan fingerprint density at radius 1 is 0.676 bits per heavy atom. The van der Waals surface area contributed by atoms with E-state index in [9.17, 15) is 0 Å². The first-order chi connectivity index (χ1) is 18.1. The molecule has 0 aliphatic rings. The molecule has 5 aromatic carbocycles. The summed E-state index contributed by atoms with van der Waals surface area (Å²) in [4.78, 5) is 5.08. The number of thiophene rings is 1. The zero-order valence-corrected chi connectivity index (χ0v) is 21.8. The van der Waals surface area contributed by atoms with Crippen molar-refractivity contribution in [3.63, 3.8) is 0 Å². The number of fused-ring (bicyclic) bond motifs is 6. The van der Waals surface area contributed by atoms with Gasteiger partial charge in [-0.1, -0.05) is 60.7 Å². The van der Waals surface area contributed by atoms with Crippen LogP contribution in [0.2, 0.25) is 0 Å². The van der Waals surface area contributed by atoms with Gasteiger partial charge in [-0.3, -0.25) is 4.99 Å². The average molecular weight is 496 g/mol. The van der Waals surface area contributed by atoms with Gasteiger partial charge in [-0.2, -0.15) is 0 Å². The van der Waals surface area contributed by atoms with Crippen LogP contribution in [-0.4, -0.2) is 5.71 Å². The smallest absolute Gasteiger partial charge is 0.143 e. The lowest BCUT2D eigenvalue weighted by Crippen LogP contribution is -2.00. The van der Waals surface area contributed by atoms with Gasteiger partial charge in [-0.15, -0.1) is 11.3 Å². The minimum absolute atomic E-state index is 0.907. The summed E-state index contributed by atoms with van der Waals surface area (Å²) in [5.74, 6) is 0. The van der Waals surface area contributed by atoms with Crippen LogP contribution in [0.1, 0.15) is 23.6 Å². The van der Waals surface area contributed by atoms with Crippen molar-refractivity contribution >= 4 is 64.8 Å². The molecule has 2 aromatic heterocycles. The Balaban J connectivity index is 1.58. The van der Waals surface area contributed by atoms with Crippen molar-refractivity contribution in [2.45, 2.75) is 20.8 Å². The largest absolute Gasteiger partial charge is 0.455 e. The highest BCUT2D eigenvalue weighted by Gasteiger charge is 2.20. The Hall–Kier alpha value is -4.21. The number of para-hydroxylation sites is 2. The van der Waals surface area contributed by atoms with Gasteiger partial charge < -0.3 is 4.42 Å². The molecular formula is C34H25NOS. The summed E-state index contributed by atoms with van der Waals surface area (Å²) in [6.07, 6.45) is 0. The summed E-state index contributed by atoms with van der Waals surface area (Å²) in [5.41, 5.74) is 9.58. The van der Waals surface area contributed by atoms with Crippen molar-refractivity contribution in [1.29, 1.82) is 0 Å². The molecule has 0 bridgehead atoms. The van der Waals surface area contributed by atoms with E-state index in [0.717, 1.165) is 50.0 Å². The highest BCUT2D eigenvalue weighted by Crippen LogP contribution is 2.43. The van der Waals surface area contributed by atoms with Crippen LogP contribution in [0.3, 0.4) is 0 Å². The molecule has 2 nitrogen and oxygen atoms in total.